The van der Waals surface area contributed by atoms with Crippen LogP contribution in [0.25, 0.3) is 11.3 Å². The molecule has 1 aromatic heterocycles. The quantitative estimate of drug-likeness (QED) is 0.829. The fourth-order valence-electron chi connectivity index (χ4n) is 1.24. The Hall–Kier alpha value is -1.62. The predicted octanol–water partition coefficient (Wildman–Crippen LogP) is 2.19. The van der Waals surface area contributed by atoms with Gasteiger partial charge in [0.25, 0.3) is 0 Å². The summed E-state index contributed by atoms with van der Waals surface area (Å²) in [6, 6.07) is 6.93. The first-order valence-electron chi connectivity index (χ1n) is 4.25. The Morgan fingerprint density at radius 3 is 2.73 bits per heavy atom. The Labute approximate surface area is 94.9 Å². The zero-order chi connectivity index (χ0) is 10.8. The minimum Gasteiger partial charge on any atom is -0.507 e. The summed E-state index contributed by atoms with van der Waals surface area (Å²) in [7, 11) is 0. The number of anilines is 1. The lowest BCUT2D eigenvalue weighted by Gasteiger charge is -2.05. The summed E-state index contributed by atoms with van der Waals surface area (Å²) >= 11 is 3.31. The molecule has 15 heavy (non-hydrogen) atoms. The number of aromatic hydroxyl groups is 1. The van der Waals surface area contributed by atoms with E-state index in [2.05, 4.69) is 25.9 Å². The molecule has 2 rings (SSSR count). The van der Waals surface area contributed by atoms with Crippen LogP contribution in [0.2, 0.25) is 0 Å². The first kappa shape index (κ1) is 9.92. The van der Waals surface area contributed by atoms with E-state index in [0.717, 1.165) is 0 Å². The van der Waals surface area contributed by atoms with E-state index < -0.39 is 0 Å². The number of phenols is 1. The van der Waals surface area contributed by atoms with Gasteiger partial charge in [-0.1, -0.05) is 12.1 Å². The average molecular weight is 266 g/mol. The van der Waals surface area contributed by atoms with E-state index in [-0.39, 0.29) is 11.7 Å². The van der Waals surface area contributed by atoms with Crippen LogP contribution in [-0.2, 0) is 0 Å². The average Bonchev–Trinajstić information content (AvgIpc) is 2.23. The summed E-state index contributed by atoms with van der Waals surface area (Å²) < 4.78 is 0.693. The molecule has 5 heteroatoms. The third-order valence-corrected chi connectivity index (χ3v) is 2.50. The molecule has 1 heterocycles. The molecule has 0 saturated heterocycles. The van der Waals surface area contributed by atoms with Gasteiger partial charge < -0.3 is 10.8 Å². The first-order valence-corrected chi connectivity index (χ1v) is 5.04. The normalized spacial score (nSPS) is 10.2. The lowest BCUT2D eigenvalue weighted by molar-refractivity contribution is 0.477. The number of phenolic OH excluding ortho intramolecular Hbond substituents is 1. The standard InChI is InChI=1S/C10H8BrN3O/c11-7-5-13-10(12)14-9(7)6-3-1-2-4-8(6)15/h1-5,15H,(H2,12,13,14). The fourth-order valence-corrected chi connectivity index (χ4v) is 1.65. The lowest BCUT2D eigenvalue weighted by Crippen LogP contribution is -1.96. The number of hydrogen-bond donors (Lipinski definition) is 2. The number of nitrogens with zero attached hydrogens (tertiary/aromatic N) is 2. The third-order valence-electron chi connectivity index (χ3n) is 1.92. The molecule has 0 unspecified atom stereocenters. The molecule has 0 aliphatic rings. The molecule has 0 aliphatic carbocycles. The van der Waals surface area contributed by atoms with Crippen molar-refractivity contribution in [3.8, 4) is 17.0 Å². The Kier molecular flexibility index (Phi) is 2.55. The highest BCUT2D eigenvalue weighted by Crippen LogP contribution is 2.32. The number of rotatable bonds is 1. The second-order valence-electron chi connectivity index (χ2n) is 2.94. The molecule has 0 amide bonds. The van der Waals surface area contributed by atoms with Crippen molar-refractivity contribution in [1.29, 1.82) is 0 Å². The van der Waals surface area contributed by atoms with Gasteiger partial charge in [-0.2, -0.15) is 0 Å². The maximum absolute atomic E-state index is 9.66. The van der Waals surface area contributed by atoms with Crippen molar-refractivity contribution >= 4 is 21.9 Å². The summed E-state index contributed by atoms with van der Waals surface area (Å²) in [6.07, 6.45) is 1.56. The zero-order valence-corrected chi connectivity index (χ0v) is 9.27. The fraction of sp³-hybridized carbons (Fsp3) is 0. The lowest BCUT2D eigenvalue weighted by atomic mass is 10.1. The highest BCUT2D eigenvalue weighted by Gasteiger charge is 2.09. The zero-order valence-electron chi connectivity index (χ0n) is 7.68. The molecule has 0 saturated carbocycles. The van der Waals surface area contributed by atoms with Crippen LogP contribution in [0, 0.1) is 0 Å². The Bertz CT molecular complexity index is 502. The first-order chi connectivity index (χ1) is 7.18. The van der Waals surface area contributed by atoms with Crippen molar-refractivity contribution in [1.82, 2.24) is 9.97 Å². The molecular weight excluding hydrogens is 258 g/mol. The Morgan fingerprint density at radius 1 is 1.27 bits per heavy atom. The number of nitrogen functional groups attached to an aromatic ring is 1. The predicted molar refractivity (Wildman–Crippen MR) is 61.2 cm³/mol. The maximum atomic E-state index is 9.66. The van der Waals surface area contributed by atoms with E-state index in [4.69, 9.17) is 5.73 Å². The van der Waals surface area contributed by atoms with Gasteiger partial charge >= 0.3 is 0 Å². The topological polar surface area (TPSA) is 72.0 Å². The van der Waals surface area contributed by atoms with Crippen LogP contribution in [0.15, 0.2) is 34.9 Å². The van der Waals surface area contributed by atoms with Crippen LogP contribution in [0.5, 0.6) is 5.75 Å². The van der Waals surface area contributed by atoms with E-state index in [0.29, 0.717) is 15.7 Å². The van der Waals surface area contributed by atoms with Gasteiger partial charge in [0.05, 0.1) is 10.2 Å². The molecule has 0 spiro atoms. The van der Waals surface area contributed by atoms with Crippen molar-refractivity contribution in [2.45, 2.75) is 0 Å². The van der Waals surface area contributed by atoms with Crippen LogP contribution in [0.1, 0.15) is 0 Å². The van der Waals surface area contributed by atoms with Gasteiger partial charge in [0, 0.05) is 11.8 Å². The molecule has 76 valence electrons. The van der Waals surface area contributed by atoms with Crippen LogP contribution in [0.4, 0.5) is 5.95 Å². The van der Waals surface area contributed by atoms with E-state index in [1.807, 2.05) is 6.07 Å². The SMILES string of the molecule is Nc1ncc(Br)c(-c2ccccc2O)n1. The van der Waals surface area contributed by atoms with E-state index >= 15 is 0 Å². The van der Waals surface area contributed by atoms with Crippen LogP contribution >= 0.6 is 15.9 Å². The van der Waals surface area contributed by atoms with Gasteiger partial charge in [-0.15, -0.1) is 0 Å². The maximum Gasteiger partial charge on any atom is 0.220 e. The van der Waals surface area contributed by atoms with Crippen molar-refractivity contribution in [2.75, 3.05) is 5.73 Å². The Balaban J connectivity index is 2.64. The minimum atomic E-state index is 0.163. The van der Waals surface area contributed by atoms with E-state index in [1.54, 1.807) is 24.4 Å². The van der Waals surface area contributed by atoms with Gasteiger partial charge in [0.15, 0.2) is 0 Å². The smallest absolute Gasteiger partial charge is 0.220 e. The van der Waals surface area contributed by atoms with Crippen LogP contribution in [-0.4, -0.2) is 15.1 Å². The molecule has 0 aliphatic heterocycles. The summed E-state index contributed by atoms with van der Waals surface area (Å²) in [6.45, 7) is 0. The van der Waals surface area contributed by atoms with E-state index in [9.17, 15) is 5.11 Å². The van der Waals surface area contributed by atoms with Gasteiger partial charge in [-0.3, -0.25) is 0 Å². The summed E-state index contributed by atoms with van der Waals surface area (Å²) in [4.78, 5) is 7.90. The van der Waals surface area contributed by atoms with Crippen molar-refractivity contribution in [2.24, 2.45) is 0 Å². The van der Waals surface area contributed by atoms with Crippen molar-refractivity contribution in [3.05, 3.63) is 34.9 Å². The minimum absolute atomic E-state index is 0.163. The largest absolute Gasteiger partial charge is 0.507 e. The number of benzene rings is 1. The van der Waals surface area contributed by atoms with Crippen molar-refractivity contribution < 1.29 is 5.11 Å². The molecule has 3 N–H and O–H groups in total. The number of nitrogens with two attached hydrogens (primary N) is 1. The summed E-state index contributed by atoms with van der Waals surface area (Å²) in [5.74, 6) is 0.341. The van der Waals surface area contributed by atoms with Crippen LogP contribution < -0.4 is 5.73 Å². The van der Waals surface area contributed by atoms with Gasteiger partial charge in [0.1, 0.15) is 5.75 Å². The molecule has 0 radical (unpaired) electrons. The highest BCUT2D eigenvalue weighted by molar-refractivity contribution is 9.10. The van der Waals surface area contributed by atoms with Gasteiger partial charge in [0.2, 0.25) is 5.95 Å². The highest BCUT2D eigenvalue weighted by atomic mass is 79.9. The second-order valence-corrected chi connectivity index (χ2v) is 3.80. The van der Waals surface area contributed by atoms with E-state index in [1.165, 1.54) is 0 Å². The summed E-state index contributed by atoms with van der Waals surface area (Å²) in [5, 5.41) is 9.66. The van der Waals surface area contributed by atoms with Crippen molar-refractivity contribution in [3.63, 3.8) is 0 Å². The van der Waals surface area contributed by atoms with Gasteiger partial charge in [-0.05, 0) is 28.1 Å². The molecule has 1 aromatic carbocycles. The second kappa shape index (κ2) is 3.86. The summed E-state index contributed by atoms with van der Waals surface area (Å²) in [5.41, 5.74) is 6.70. The third kappa shape index (κ3) is 1.92. The molecule has 0 fully saturated rings. The molecular formula is C10H8BrN3O. The Morgan fingerprint density at radius 2 is 2.00 bits per heavy atom. The number of halogens is 1. The molecule has 0 atom stereocenters. The molecule has 2 aromatic rings. The number of para-hydroxylation sites is 1. The number of aromatic nitrogens is 2. The monoisotopic (exact) mass is 265 g/mol. The van der Waals surface area contributed by atoms with Crippen LogP contribution in [0.3, 0.4) is 0 Å². The van der Waals surface area contributed by atoms with Gasteiger partial charge in [-0.25, -0.2) is 9.97 Å². The molecule has 0 bridgehead atoms. The number of hydrogen-bond acceptors (Lipinski definition) is 4. The molecule has 4 nitrogen and oxygen atoms in total.